The molecule has 0 unspecified atom stereocenters. The number of amides is 1. The molecule has 0 aliphatic heterocycles. The van der Waals surface area contributed by atoms with Gasteiger partial charge in [-0.1, -0.05) is 25.1 Å². The van der Waals surface area contributed by atoms with Gasteiger partial charge in [-0.2, -0.15) is 5.10 Å². The van der Waals surface area contributed by atoms with Crippen molar-refractivity contribution in [2.45, 2.75) is 20.0 Å². The molecular weight excluding hydrogens is 459 g/mol. The fourth-order valence-corrected chi connectivity index (χ4v) is 4.01. The van der Waals surface area contributed by atoms with E-state index in [1.165, 1.54) is 24.5 Å². The second-order valence-electron chi connectivity index (χ2n) is 8.52. The number of anilines is 1. The smallest absolute Gasteiger partial charge is 0.258 e. The summed E-state index contributed by atoms with van der Waals surface area (Å²) in [6, 6.07) is 15.8. The number of nitrogens with zero attached hydrogens (tertiary/aromatic N) is 2. The highest BCUT2D eigenvalue weighted by molar-refractivity contribution is 6.04. The van der Waals surface area contributed by atoms with Crippen molar-refractivity contribution < 1.29 is 9.18 Å². The van der Waals surface area contributed by atoms with E-state index < -0.39 is 0 Å². The van der Waals surface area contributed by atoms with Gasteiger partial charge in [0, 0.05) is 29.8 Å². The standard InChI is InChI=1S/C27H25FN6O2/c1-2-29-12-18-5-8-24-19(9-18)10-25(33-24)23-11-22(14-30-27(23)36)32-26(35)20-13-31-34(16-20)15-17-3-6-21(28)7-4-17/h3-11,13-14,16,29,33H,2,12,15H2,1H3,(H,30,36)(H,32,35). The van der Waals surface area contributed by atoms with Gasteiger partial charge in [0.15, 0.2) is 0 Å². The van der Waals surface area contributed by atoms with Crippen molar-refractivity contribution in [3.8, 4) is 11.3 Å². The first-order chi connectivity index (χ1) is 17.5. The molecule has 0 aliphatic carbocycles. The van der Waals surface area contributed by atoms with Gasteiger partial charge < -0.3 is 20.6 Å². The normalized spacial score (nSPS) is 11.2. The molecule has 3 aromatic heterocycles. The SMILES string of the molecule is CCNCc1ccc2[nH]c(-c3cc(NC(=O)c4cnn(Cc5ccc(F)cc5)c4)c[nH]c3=O)cc2c1. The number of nitrogens with one attached hydrogen (secondary N) is 4. The molecule has 5 rings (SSSR count). The molecule has 0 saturated heterocycles. The largest absolute Gasteiger partial charge is 0.354 e. The van der Waals surface area contributed by atoms with Crippen LogP contribution in [0.25, 0.3) is 22.2 Å². The van der Waals surface area contributed by atoms with E-state index in [-0.39, 0.29) is 17.3 Å². The van der Waals surface area contributed by atoms with E-state index in [2.05, 4.69) is 38.7 Å². The van der Waals surface area contributed by atoms with Crippen molar-refractivity contribution in [1.29, 1.82) is 0 Å². The first-order valence-electron chi connectivity index (χ1n) is 11.6. The third kappa shape index (κ3) is 5.11. The Morgan fingerprint density at radius 3 is 2.69 bits per heavy atom. The van der Waals surface area contributed by atoms with Crippen molar-refractivity contribution in [3.63, 3.8) is 0 Å². The van der Waals surface area contributed by atoms with Gasteiger partial charge in [0.25, 0.3) is 11.5 Å². The molecule has 0 fully saturated rings. The average Bonchev–Trinajstić information content (AvgIpc) is 3.52. The molecule has 4 N–H and O–H groups in total. The van der Waals surface area contributed by atoms with E-state index >= 15 is 0 Å². The Labute approximate surface area is 206 Å². The van der Waals surface area contributed by atoms with E-state index in [1.807, 2.05) is 18.2 Å². The molecule has 2 aromatic carbocycles. The predicted molar refractivity (Wildman–Crippen MR) is 137 cm³/mol. The van der Waals surface area contributed by atoms with Gasteiger partial charge in [-0.25, -0.2) is 4.39 Å². The lowest BCUT2D eigenvalue weighted by molar-refractivity contribution is 0.102. The zero-order valence-electron chi connectivity index (χ0n) is 19.6. The average molecular weight is 485 g/mol. The summed E-state index contributed by atoms with van der Waals surface area (Å²) in [5.41, 5.74) is 4.58. The van der Waals surface area contributed by atoms with Gasteiger partial charge in [0.1, 0.15) is 5.82 Å². The van der Waals surface area contributed by atoms with Crippen LogP contribution in [0, 0.1) is 5.82 Å². The molecule has 36 heavy (non-hydrogen) atoms. The highest BCUT2D eigenvalue weighted by Crippen LogP contribution is 2.24. The van der Waals surface area contributed by atoms with Crippen LogP contribution in [-0.4, -0.2) is 32.2 Å². The summed E-state index contributed by atoms with van der Waals surface area (Å²) in [5, 5.41) is 11.3. The van der Waals surface area contributed by atoms with Crippen molar-refractivity contribution in [1.82, 2.24) is 25.1 Å². The minimum absolute atomic E-state index is 0.264. The molecule has 182 valence electrons. The maximum Gasteiger partial charge on any atom is 0.258 e. The van der Waals surface area contributed by atoms with Gasteiger partial charge in [-0.15, -0.1) is 0 Å². The monoisotopic (exact) mass is 484 g/mol. The molecule has 8 nitrogen and oxygen atoms in total. The van der Waals surface area contributed by atoms with Crippen LogP contribution in [0.3, 0.4) is 0 Å². The number of pyridine rings is 1. The Hall–Kier alpha value is -4.50. The van der Waals surface area contributed by atoms with Gasteiger partial charge in [0.05, 0.1) is 35.2 Å². The highest BCUT2D eigenvalue weighted by atomic mass is 19.1. The highest BCUT2D eigenvalue weighted by Gasteiger charge is 2.13. The van der Waals surface area contributed by atoms with E-state index in [0.717, 1.165) is 35.1 Å². The van der Waals surface area contributed by atoms with Crippen LogP contribution in [0.2, 0.25) is 0 Å². The second kappa shape index (κ2) is 10.0. The Morgan fingerprint density at radius 1 is 1.08 bits per heavy atom. The van der Waals surface area contributed by atoms with E-state index in [4.69, 9.17) is 0 Å². The number of benzene rings is 2. The van der Waals surface area contributed by atoms with Crippen molar-refractivity contribution in [2.75, 3.05) is 11.9 Å². The quantitative estimate of drug-likeness (QED) is 0.264. The van der Waals surface area contributed by atoms with Crippen LogP contribution in [0.1, 0.15) is 28.4 Å². The van der Waals surface area contributed by atoms with E-state index in [0.29, 0.717) is 29.1 Å². The fraction of sp³-hybridized carbons (Fsp3) is 0.148. The number of rotatable bonds is 8. The number of hydrogen-bond donors (Lipinski definition) is 4. The molecule has 9 heteroatoms. The minimum Gasteiger partial charge on any atom is -0.354 e. The molecule has 0 spiro atoms. The lowest BCUT2D eigenvalue weighted by Gasteiger charge is -2.05. The summed E-state index contributed by atoms with van der Waals surface area (Å²) in [6.07, 6.45) is 4.55. The van der Waals surface area contributed by atoms with Gasteiger partial charge in [-0.3, -0.25) is 14.3 Å². The van der Waals surface area contributed by atoms with Gasteiger partial charge in [-0.05, 0) is 54.1 Å². The summed E-state index contributed by atoms with van der Waals surface area (Å²) in [4.78, 5) is 31.4. The van der Waals surface area contributed by atoms with Crippen LogP contribution < -0.4 is 16.2 Å². The maximum atomic E-state index is 13.1. The van der Waals surface area contributed by atoms with E-state index in [9.17, 15) is 14.0 Å². The molecule has 3 heterocycles. The summed E-state index contributed by atoms with van der Waals surface area (Å²) >= 11 is 0. The summed E-state index contributed by atoms with van der Waals surface area (Å²) in [6.45, 7) is 4.13. The van der Waals surface area contributed by atoms with Crippen molar-refractivity contribution in [2.24, 2.45) is 0 Å². The Kier molecular flexibility index (Phi) is 6.46. The topological polar surface area (TPSA) is 108 Å². The van der Waals surface area contributed by atoms with Gasteiger partial charge >= 0.3 is 0 Å². The number of carbonyl (C=O) groups excluding carboxylic acids is 1. The number of fused-ring (bicyclic) bond motifs is 1. The molecule has 0 atom stereocenters. The van der Waals surface area contributed by atoms with Crippen LogP contribution in [-0.2, 0) is 13.1 Å². The third-order valence-electron chi connectivity index (χ3n) is 5.87. The number of aromatic nitrogens is 4. The lowest BCUT2D eigenvalue weighted by Crippen LogP contribution is -2.15. The number of H-pyrrole nitrogens is 2. The van der Waals surface area contributed by atoms with Gasteiger partial charge in [0.2, 0.25) is 0 Å². The molecule has 1 amide bonds. The zero-order chi connectivity index (χ0) is 25.1. The maximum absolute atomic E-state index is 13.1. The summed E-state index contributed by atoms with van der Waals surface area (Å²) in [5.74, 6) is -0.663. The first-order valence-corrected chi connectivity index (χ1v) is 11.6. The molecule has 0 saturated carbocycles. The first kappa shape index (κ1) is 23.3. The van der Waals surface area contributed by atoms with Crippen LogP contribution in [0.5, 0.6) is 0 Å². The summed E-state index contributed by atoms with van der Waals surface area (Å²) < 4.78 is 14.7. The molecule has 0 radical (unpaired) electrons. The molecule has 5 aromatic rings. The Morgan fingerprint density at radius 2 is 1.89 bits per heavy atom. The molecule has 0 aliphatic rings. The predicted octanol–water partition coefficient (Wildman–Crippen LogP) is 4.27. The number of halogens is 1. The van der Waals surface area contributed by atoms with Crippen LogP contribution in [0.4, 0.5) is 10.1 Å². The number of hydrogen-bond acceptors (Lipinski definition) is 4. The van der Waals surface area contributed by atoms with E-state index in [1.54, 1.807) is 29.1 Å². The van der Waals surface area contributed by atoms with Crippen molar-refractivity contribution >= 4 is 22.5 Å². The third-order valence-corrected chi connectivity index (χ3v) is 5.87. The minimum atomic E-state index is -0.358. The Bertz CT molecular complexity index is 1580. The second-order valence-corrected chi connectivity index (χ2v) is 8.52. The number of aromatic amines is 2. The van der Waals surface area contributed by atoms with Crippen LogP contribution in [0.15, 0.2) is 78.0 Å². The fourth-order valence-electron chi connectivity index (χ4n) is 4.01. The summed E-state index contributed by atoms with van der Waals surface area (Å²) in [7, 11) is 0. The molecular formula is C27H25FN6O2. The number of carbonyl (C=O) groups is 1. The Balaban J connectivity index is 1.33. The van der Waals surface area contributed by atoms with Crippen molar-refractivity contribution in [3.05, 3.63) is 106 Å². The zero-order valence-corrected chi connectivity index (χ0v) is 19.6. The lowest BCUT2D eigenvalue weighted by atomic mass is 10.1. The molecule has 0 bridgehead atoms. The van der Waals surface area contributed by atoms with Crippen LogP contribution >= 0.6 is 0 Å².